The molecule has 0 aromatic carbocycles. The fourth-order valence-electron chi connectivity index (χ4n) is 5.99. The van der Waals surface area contributed by atoms with Gasteiger partial charge in [0, 0.05) is 7.05 Å². The topological polar surface area (TPSA) is 44.1 Å². The Morgan fingerprint density at radius 1 is 1.24 bits per heavy atom. The first-order valence-corrected chi connectivity index (χ1v) is 8.29. The van der Waals surface area contributed by atoms with Gasteiger partial charge in [-0.05, 0) is 69.6 Å². The summed E-state index contributed by atoms with van der Waals surface area (Å²) in [5.74, 6) is 0.820. The van der Waals surface area contributed by atoms with Crippen molar-refractivity contribution in [2.24, 2.45) is 17.3 Å². The molecule has 0 saturated heterocycles. The van der Waals surface area contributed by atoms with Crippen molar-refractivity contribution in [1.29, 1.82) is 5.26 Å². The van der Waals surface area contributed by atoms with Crippen LogP contribution in [0.15, 0.2) is 0 Å². The van der Waals surface area contributed by atoms with Crippen LogP contribution in [0.3, 0.4) is 0 Å². The van der Waals surface area contributed by atoms with Crippen molar-refractivity contribution >= 4 is 5.91 Å². The lowest BCUT2D eigenvalue weighted by Gasteiger charge is -2.59. The third kappa shape index (κ3) is 1.73. The number of nitrogens with zero attached hydrogens (tertiary/aromatic N) is 2. The minimum atomic E-state index is -1.11. The Bertz CT molecular complexity index is 519. The van der Waals surface area contributed by atoms with Crippen molar-refractivity contribution in [1.82, 2.24) is 4.90 Å². The van der Waals surface area contributed by atoms with Gasteiger partial charge in [-0.25, -0.2) is 4.39 Å². The largest absolute Gasteiger partial charge is 0.327 e. The van der Waals surface area contributed by atoms with Crippen LogP contribution in [-0.2, 0) is 4.79 Å². The monoisotopic (exact) mass is 290 g/mol. The molecule has 2 atom stereocenters. The van der Waals surface area contributed by atoms with Gasteiger partial charge in [0.25, 0.3) is 0 Å². The number of amides is 1. The zero-order chi connectivity index (χ0) is 14.9. The molecule has 5 saturated carbocycles. The highest BCUT2D eigenvalue weighted by atomic mass is 19.1. The van der Waals surface area contributed by atoms with Gasteiger partial charge in [0.2, 0.25) is 5.91 Å². The van der Waals surface area contributed by atoms with Crippen molar-refractivity contribution in [3.63, 3.8) is 0 Å². The van der Waals surface area contributed by atoms with Crippen molar-refractivity contribution in [2.75, 3.05) is 7.05 Å². The summed E-state index contributed by atoms with van der Waals surface area (Å²) in [6.45, 7) is 0. The number of halogens is 1. The maximum Gasteiger partial charge on any atom is 0.229 e. The summed E-state index contributed by atoms with van der Waals surface area (Å²) in [7, 11) is 1.77. The second-order valence-electron chi connectivity index (χ2n) is 8.25. The molecule has 0 aromatic heterocycles. The quantitative estimate of drug-likeness (QED) is 0.784. The van der Waals surface area contributed by atoms with E-state index in [2.05, 4.69) is 6.07 Å². The van der Waals surface area contributed by atoms with Crippen LogP contribution in [0.2, 0.25) is 0 Å². The third-order valence-corrected chi connectivity index (χ3v) is 6.78. The zero-order valence-electron chi connectivity index (χ0n) is 12.7. The van der Waals surface area contributed by atoms with Gasteiger partial charge in [0.15, 0.2) is 0 Å². The molecule has 0 heterocycles. The second kappa shape index (κ2) is 4.00. The molecular weight excluding hydrogens is 267 g/mol. The summed E-state index contributed by atoms with van der Waals surface area (Å²) in [6, 6.07) is 2.35. The van der Waals surface area contributed by atoms with Gasteiger partial charge in [0.05, 0.1) is 11.5 Å². The summed E-state index contributed by atoms with van der Waals surface area (Å²) >= 11 is 0. The van der Waals surface area contributed by atoms with Crippen LogP contribution < -0.4 is 0 Å². The Labute approximate surface area is 125 Å². The van der Waals surface area contributed by atoms with E-state index in [-0.39, 0.29) is 5.91 Å². The molecule has 0 aromatic rings. The van der Waals surface area contributed by atoms with Crippen molar-refractivity contribution in [3.05, 3.63) is 0 Å². The lowest BCUT2D eigenvalue weighted by Crippen LogP contribution is -2.63. The minimum absolute atomic E-state index is 0.0554. The Kier molecular flexibility index (Phi) is 2.58. The minimum Gasteiger partial charge on any atom is -0.327 e. The normalized spacial score (nSPS) is 45.8. The predicted octanol–water partition coefficient (Wildman–Crippen LogP) is 3.20. The molecule has 2 unspecified atom stereocenters. The number of rotatable bonds is 2. The fraction of sp³-hybridized carbons (Fsp3) is 0.882. The Balaban J connectivity index is 1.64. The maximum atomic E-state index is 15.0. The van der Waals surface area contributed by atoms with E-state index in [4.69, 9.17) is 0 Å². The molecule has 114 valence electrons. The van der Waals surface area contributed by atoms with E-state index in [0.29, 0.717) is 31.1 Å². The number of hydrogen-bond acceptors (Lipinski definition) is 2. The number of carbonyl (C=O) groups excluding carboxylic acids is 1. The van der Waals surface area contributed by atoms with Gasteiger partial charge in [-0.2, -0.15) is 5.26 Å². The Morgan fingerprint density at radius 2 is 1.86 bits per heavy atom. The summed E-state index contributed by atoms with van der Waals surface area (Å²) in [5.41, 5.74) is -2.23. The SMILES string of the molecule is CN(C(=O)C12CC3CC(CC(F)(C3)C1)C2)C1(C#N)CCC1. The lowest BCUT2D eigenvalue weighted by molar-refractivity contribution is -0.175. The zero-order valence-corrected chi connectivity index (χ0v) is 12.7. The second-order valence-corrected chi connectivity index (χ2v) is 8.25. The van der Waals surface area contributed by atoms with Crippen molar-refractivity contribution in [3.8, 4) is 6.07 Å². The number of alkyl halides is 1. The van der Waals surface area contributed by atoms with Crippen LogP contribution in [0.1, 0.15) is 57.8 Å². The van der Waals surface area contributed by atoms with E-state index < -0.39 is 16.6 Å². The number of carbonyl (C=O) groups is 1. The molecule has 3 nitrogen and oxygen atoms in total. The molecule has 1 amide bonds. The van der Waals surface area contributed by atoms with Gasteiger partial charge in [-0.1, -0.05) is 0 Å². The van der Waals surface area contributed by atoms with Gasteiger partial charge in [0.1, 0.15) is 11.2 Å². The Morgan fingerprint density at radius 3 is 2.29 bits per heavy atom. The van der Waals surface area contributed by atoms with Crippen LogP contribution in [0.25, 0.3) is 0 Å². The third-order valence-electron chi connectivity index (χ3n) is 6.78. The van der Waals surface area contributed by atoms with E-state index in [0.717, 1.165) is 38.5 Å². The number of nitriles is 1. The standard InChI is InChI=1S/C17H23FN2O/c1-20(17(11-19)3-2-4-17)14(21)15-6-12-5-13(7-15)9-16(18,8-12)10-15/h12-13H,2-10H2,1H3. The first kappa shape index (κ1) is 13.5. The average Bonchev–Trinajstić information content (AvgIpc) is 2.34. The summed E-state index contributed by atoms with van der Waals surface area (Å²) in [6.07, 6.45) is 7.07. The fourth-order valence-corrected chi connectivity index (χ4v) is 5.99. The van der Waals surface area contributed by atoms with Crippen molar-refractivity contribution in [2.45, 2.75) is 69.0 Å². The summed E-state index contributed by atoms with van der Waals surface area (Å²) < 4.78 is 15.0. The summed E-state index contributed by atoms with van der Waals surface area (Å²) in [4.78, 5) is 14.8. The first-order chi connectivity index (χ1) is 9.90. The smallest absolute Gasteiger partial charge is 0.229 e. The van der Waals surface area contributed by atoms with E-state index in [1.165, 1.54) is 0 Å². The van der Waals surface area contributed by atoms with Gasteiger partial charge in [-0.3, -0.25) is 4.79 Å². The Hall–Kier alpha value is -1.11. The summed E-state index contributed by atoms with van der Waals surface area (Å²) in [5, 5.41) is 9.47. The van der Waals surface area contributed by atoms with Gasteiger partial charge >= 0.3 is 0 Å². The van der Waals surface area contributed by atoms with Gasteiger partial charge in [-0.15, -0.1) is 0 Å². The predicted molar refractivity (Wildman–Crippen MR) is 75.9 cm³/mol. The maximum absolute atomic E-state index is 15.0. The van der Waals surface area contributed by atoms with Crippen LogP contribution >= 0.6 is 0 Å². The molecule has 0 spiro atoms. The highest BCUT2D eigenvalue weighted by Crippen LogP contribution is 2.63. The number of hydrogen-bond donors (Lipinski definition) is 0. The molecule has 21 heavy (non-hydrogen) atoms. The molecule has 0 radical (unpaired) electrons. The molecule has 5 aliphatic carbocycles. The molecule has 0 N–H and O–H groups in total. The molecule has 5 rings (SSSR count). The lowest BCUT2D eigenvalue weighted by atomic mass is 9.48. The highest BCUT2D eigenvalue weighted by Gasteiger charge is 2.63. The van der Waals surface area contributed by atoms with E-state index in [1.54, 1.807) is 11.9 Å². The molecule has 4 heteroatoms. The molecule has 0 aliphatic heterocycles. The molecule has 5 aliphatic rings. The van der Waals surface area contributed by atoms with Crippen LogP contribution in [0.5, 0.6) is 0 Å². The van der Waals surface area contributed by atoms with E-state index >= 15 is 0 Å². The van der Waals surface area contributed by atoms with E-state index in [1.807, 2.05) is 0 Å². The molecule has 5 fully saturated rings. The molecular formula is C17H23FN2O. The first-order valence-electron chi connectivity index (χ1n) is 8.29. The van der Waals surface area contributed by atoms with Crippen LogP contribution in [0.4, 0.5) is 4.39 Å². The molecule has 4 bridgehead atoms. The highest BCUT2D eigenvalue weighted by molar-refractivity contribution is 5.84. The van der Waals surface area contributed by atoms with Crippen LogP contribution in [-0.4, -0.2) is 29.1 Å². The van der Waals surface area contributed by atoms with Crippen LogP contribution in [0, 0.1) is 28.6 Å². The average molecular weight is 290 g/mol. The van der Waals surface area contributed by atoms with Gasteiger partial charge < -0.3 is 4.90 Å². The van der Waals surface area contributed by atoms with Crippen molar-refractivity contribution < 1.29 is 9.18 Å². The van der Waals surface area contributed by atoms with E-state index in [9.17, 15) is 14.4 Å².